The molecule has 0 radical (unpaired) electrons. The van der Waals surface area contributed by atoms with Crippen LogP contribution in [-0.4, -0.2) is 37.8 Å². The Labute approximate surface area is 241 Å². The first-order valence-corrected chi connectivity index (χ1v) is 16.7. The Morgan fingerprint density at radius 2 is 1.79 bits per heavy atom. The van der Waals surface area contributed by atoms with Crippen molar-refractivity contribution in [1.82, 2.24) is 14.6 Å². The molecule has 1 amide bonds. The summed E-state index contributed by atoms with van der Waals surface area (Å²) in [5.41, 5.74) is 4.04. The monoisotopic (exact) mass is 567 g/mol. The molecule has 0 aliphatic carbocycles. The summed E-state index contributed by atoms with van der Waals surface area (Å²) in [4.78, 5) is 14.8. The number of amides is 1. The van der Waals surface area contributed by atoms with Gasteiger partial charge in [0, 0.05) is 62.3 Å². The zero-order valence-electron chi connectivity index (χ0n) is 24.4. The summed E-state index contributed by atoms with van der Waals surface area (Å²) in [6, 6.07) is 15.2. The van der Waals surface area contributed by atoms with E-state index in [4.69, 9.17) is 0 Å². The van der Waals surface area contributed by atoms with Crippen molar-refractivity contribution in [2.24, 2.45) is 5.92 Å². The molecule has 1 aromatic heterocycles. The SMILES string of the molecule is CCCC(CC)Cn1c(-c2ccc(SNC(C)(C)C)c3ccccc23)cc(C(=O)NC2CCS(=O)CC2)c1C. The number of hydrogen-bond acceptors (Lipinski definition) is 4. The van der Waals surface area contributed by atoms with E-state index < -0.39 is 10.8 Å². The van der Waals surface area contributed by atoms with Gasteiger partial charge in [-0.3, -0.25) is 13.7 Å². The standard InChI is InChI=1S/C32H45N3O2S2/c1-7-11-23(8-2)21-35-22(3)28(31(36)33-24-16-18-39(37)19-17-24)20-29(35)26-14-15-30(38-34-32(4,5)6)27-13-10-9-12-25(26)27/h9-10,12-15,20,23-24,34H,7-8,11,16-19,21H2,1-6H3,(H,33,36). The van der Waals surface area contributed by atoms with Gasteiger partial charge in [-0.05, 0) is 87.7 Å². The second-order valence-corrected chi connectivity index (χ2v) is 14.5. The summed E-state index contributed by atoms with van der Waals surface area (Å²) in [5, 5.41) is 5.67. The van der Waals surface area contributed by atoms with Gasteiger partial charge in [0.15, 0.2) is 0 Å². The lowest BCUT2D eigenvalue weighted by atomic mass is 9.99. The van der Waals surface area contributed by atoms with Gasteiger partial charge < -0.3 is 9.88 Å². The Bertz CT molecular complexity index is 1310. The zero-order chi connectivity index (χ0) is 28.2. The van der Waals surface area contributed by atoms with Crippen LogP contribution in [0.25, 0.3) is 22.0 Å². The van der Waals surface area contributed by atoms with E-state index in [1.807, 2.05) is 0 Å². The number of hydrogen-bond donors (Lipinski definition) is 2. The highest BCUT2D eigenvalue weighted by molar-refractivity contribution is 7.97. The Hall–Kier alpha value is -2.09. The average molecular weight is 568 g/mol. The molecule has 0 saturated carbocycles. The zero-order valence-corrected chi connectivity index (χ0v) is 26.1. The molecule has 3 aromatic rings. The summed E-state index contributed by atoms with van der Waals surface area (Å²) in [5.74, 6) is 1.89. The van der Waals surface area contributed by atoms with Gasteiger partial charge in [0.05, 0.1) is 5.56 Å². The third-order valence-corrected chi connectivity index (χ3v) is 10.3. The third-order valence-electron chi connectivity index (χ3n) is 7.68. The fourth-order valence-electron chi connectivity index (χ4n) is 5.42. The van der Waals surface area contributed by atoms with Crippen molar-refractivity contribution >= 4 is 39.4 Å². The van der Waals surface area contributed by atoms with Gasteiger partial charge >= 0.3 is 0 Å². The van der Waals surface area contributed by atoms with Gasteiger partial charge in [0.1, 0.15) is 0 Å². The van der Waals surface area contributed by atoms with Gasteiger partial charge in [0.2, 0.25) is 0 Å². The number of nitrogens with one attached hydrogen (secondary N) is 2. The minimum atomic E-state index is -0.743. The first kappa shape index (κ1) is 29.9. The Morgan fingerprint density at radius 3 is 2.44 bits per heavy atom. The van der Waals surface area contributed by atoms with Gasteiger partial charge in [-0.2, -0.15) is 0 Å². The van der Waals surface area contributed by atoms with E-state index in [9.17, 15) is 9.00 Å². The lowest BCUT2D eigenvalue weighted by molar-refractivity contribution is 0.0933. The van der Waals surface area contributed by atoms with Crippen molar-refractivity contribution in [2.75, 3.05) is 11.5 Å². The molecule has 1 atom stereocenters. The van der Waals surface area contributed by atoms with Crippen LogP contribution in [0.2, 0.25) is 0 Å². The average Bonchev–Trinajstić information content (AvgIpc) is 3.23. The van der Waals surface area contributed by atoms with Crippen molar-refractivity contribution in [1.29, 1.82) is 0 Å². The molecule has 1 aliphatic heterocycles. The molecule has 0 bridgehead atoms. The minimum absolute atomic E-state index is 0.000328. The molecular weight excluding hydrogens is 523 g/mol. The number of rotatable bonds is 10. The molecule has 1 fully saturated rings. The van der Waals surface area contributed by atoms with Crippen molar-refractivity contribution < 1.29 is 9.00 Å². The summed E-state index contributed by atoms with van der Waals surface area (Å²) < 4.78 is 17.8. The van der Waals surface area contributed by atoms with Crippen LogP contribution in [0.1, 0.15) is 82.8 Å². The third kappa shape index (κ3) is 7.36. The fraction of sp³-hybridized carbons (Fsp3) is 0.531. The fourth-order valence-corrected chi connectivity index (χ4v) is 7.56. The number of nitrogens with zero attached hydrogens (tertiary/aromatic N) is 1. The molecule has 1 unspecified atom stereocenters. The molecule has 1 saturated heterocycles. The maximum absolute atomic E-state index is 13.6. The van der Waals surface area contributed by atoms with Crippen molar-refractivity contribution in [3.05, 3.63) is 53.7 Å². The highest BCUT2D eigenvalue weighted by Gasteiger charge is 2.25. The molecule has 4 rings (SSSR count). The summed E-state index contributed by atoms with van der Waals surface area (Å²) in [6.45, 7) is 14.0. The number of benzene rings is 2. The van der Waals surface area contributed by atoms with E-state index in [2.05, 4.69) is 98.6 Å². The molecule has 2 heterocycles. The van der Waals surface area contributed by atoms with Gasteiger partial charge in [-0.25, -0.2) is 0 Å². The molecule has 7 heteroatoms. The van der Waals surface area contributed by atoms with Crippen LogP contribution in [0.5, 0.6) is 0 Å². The lowest BCUT2D eigenvalue weighted by Crippen LogP contribution is -2.39. The summed E-state index contributed by atoms with van der Waals surface area (Å²) >= 11 is 1.68. The van der Waals surface area contributed by atoms with E-state index in [-0.39, 0.29) is 17.5 Å². The molecule has 1 aliphatic rings. The van der Waals surface area contributed by atoms with Crippen LogP contribution in [-0.2, 0) is 17.3 Å². The summed E-state index contributed by atoms with van der Waals surface area (Å²) in [7, 11) is -0.743. The predicted molar refractivity (Wildman–Crippen MR) is 168 cm³/mol. The van der Waals surface area contributed by atoms with Crippen LogP contribution in [0.15, 0.2) is 47.4 Å². The van der Waals surface area contributed by atoms with Crippen molar-refractivity contribution in [3.63, 3.8) is 0 Å². The number of carbonyl (C=O) groups excluding carboxylic acids is 1. The van der Waals surface area contributed by atoms with Crippen molar-refractivity contribution in [3.8, 4) is 11.3 Å². The van der Waals surface area contributed by atoms with E-state index in [0.29, 0.717) is 17.4 Å². The maximum atomic E-state index is 13.6. The van der Waals surface area contributed by atoms with Gasteiger partial charge in [0.25, 0.3) is 5.91 Å². The molecule has 0 spiro atoms. The molecule has 2 N–H and O–H groups in total. The van der Waals surface area contributed by atoms with E-state index in [1.54, 1.807) is 11.9 Å². The first-order valence-electron chi connectivity index (χ1n) is 14.4. The molecular formula is C32H45N3O2S2. The normalized spacial score (nSPS) is 18.8. The van der Waals surface area contributed by atoms with Crippen LogP contribution < -0.4 is 10.0 Å². The minimum Gasteiger partial charge on any atom is -0.349 e. The van der Waals surface area contributed by atoms with E-state index in [0.717, 1.165) is 54.7 Å². The van der Waals surface area contributed by atoms with Crippen LogP contribution in [0.3, 0.4) is 0 Å². The molecule has 212 valence electrons. The maximum Gasteiger partial charge on any atom is 0.253 e. The Kier molecular flexibility index (Phi) is 10.00. The van der Waals surface area contributed by atoms with Crippen molar-refractivity contribution in [2.45, 2.75) is 96.7 Å². The highest BCUT2D eigenvalue weighted by atomic mass is 32.2. The molecule has 5 nitrogen and oxygen atoms in total. The van der Waals surface area contributed by atoms with E-state index >= 15 is 0 Å². The quantitative estimate of drug-likeness (QED) is 0.249. The van der Waals surface area contributed by atoms with Crippen LogP contribution >= 0.6 is 11.9 Å². The smallest absolute Gasteiger partial charge is 0.253 e. The number of aromatic nitrogens is 1. The van der Waals surface area contributed by atoms with Gasteiger partial charge in [-0.15, -0.1) is 0 Å². The Balaban J connectivity index is 1.77. The predicted octanol–water partition coefficient (Wildman–Crippen LogP) is 7.48. The topological polar surface area (TPSA) is 63.1 Å². The largest absolute Gasteiger partial charge is 0.349 e. The lowest BCUT2D eigenvalue weighted by Gasteiger charge is -2.23. The van der Waals surface area contributed by atoms with Crippen LogP contribution in [0.4, 0.5) is 0 Å². The first-order chi connectivity index (χ1) is 18.6. The van der Waals surface area contributed by atoms with Gasteiger partial charge in [-0.1, -0.05) is 57.0 Å². The Morgan fingerprint density at radius 1 is 1.10 bits per heavy atom. The van der Waals surface area contributed by atoms with E-state index in [1.165, 1.54) is 22.1 Å². The molecule has 39 heavy (non-hydrogen) atoms. The number of fused-ring (bicyclic) bond motifs is 1. The number of carbonyl (C=O) groups is 1. The summed E-state index contributed by atoms with van der Waals surface area (Å²) in [6.07, 6.45) is 5.00. The molecule has 2 aromatic carbocycles. The highest BCUT2D eigenvalue weighted by Crippen LogP contribution is 2.37. The second kappa shape index (κ2) is 13.0. The second-order valence-electron chi connectivity index (χ2n) is 11.9. The van der Waals surface area contributed by atoms with Crippen LogP contribution in [0, 0.1) is 12.8 Å².